The Hall–Kier alpha value is -3.16. The largest absolute Gasteiger partial charge is 0.447 e. The summed E-state index contributed by atoms with van der Waals surface area (Å²) in [4.78, 5) is 36.8. The first kappa shape index (κ1) is 17.3. The van der Waals surface area contributed by atoms with Crippen molar-refractivity contribution < 1.29 is 14.3 Å². The molecule has 140 valence electrons. The summed E-state index contributed by atoms with van der Waals surface area (Å²) in [5.74, 6) is 0.301. The van der Waals surface area contributed by atoms with Gasteiger partial charge in [-0.2, -0.15) is 0 Å². The van der Waals surface area contributed by atoms with E-state index < -0.39 is 5.54 Å². The molecule has 1 N–H and O–H groups in total. The molecule has 8 nitrogen and oxygen atoms in total. The highest BCUT2D eigenvalue weighted by Gasteiger charge is 2.50. The lowest BCUT2D eigenvalue weighted by molar-refractivity contribution is 0.0361. The fourth-order valence-electron chi connectivity index (χ4n) is 3.57. The fraction of sp³-hybridized carbons (Fsp3) is 0.368. The topological polar surface area (TPSA) is 87.7 Å². The number of hydrogen-bond acceptors (Lipinski definition) is 6. The lowest BCUT2D eigenvalue weighted by atomic mass is 9.92. The summed E-state index contributed by atoms with van der Waals surface area (Å²) in [7, 11) is 0. The number of nitrogens with one attached hydrogen (secondary N) is 1. The smallest absolute Gasteiger partial charge is 0.410 e. The monoisotopic (exact) mass is 367 g/mol. The molecule has 0 aliphatic carbocycles. The maximum atomic E-state index is 12.9. The summed E-state index contributed by atoms with van der Waals surface area (Å²) in [5, 5.41) is 3.09. The van der Waals surface area contributed by atoms with Gasteiger partial charge in [-0.25, -0.2) is 14.8 Å². The van der Waals surface area contributed by atoms with E-state index in [1.807, 2.05) is 37.3 Å². The molecule has 0 spiro atoms. The second kappa shape index (κ2) is 6.86. The molecule has 2 aromatic rings. The molecule has 2 aliphatic heterocycles. The summed E-state index contributed by atoms with van der Waals surface area (Å²) in [6.07, 6.45) is 3.51. The van der Waals surface area contributed by atoms with Gasteiger partial charge in [0.25, 0.3) is 5.91 Å². The van der Waals surface area contributed by atoms with Gasteiger partial charge in [-0.1, -0.05) is 25.1 Å². The summed E-state index contributed by atoms with van der Waals surface area (Å²) < 4.78 is 5.22. The van der Waals surface area contributed by atoms with Crippen LogP contribution in [-0.2, 0) is 4.74 Å². The Morgan fingerprint density at radius 2 is 1.96 bits per heavy atom. The Kier molecular flexibility index (Phi) is 4.39. The van der Waals surface area contributed by atoms with Crippen LogP contribution in [0.3, 0.4) is 0 Å². The second-order valence-corrected chi connectivity index (χ2v) is 6.80. The maximum absolute atomic E-state index is 12.9. The van der Waals surface area contributed by atoms with E-state index in [0.717, 1.165) is 12.1 Å². The number of fused-ring (bicyclic) bond motifs is 1. The van der Waals surface area contributed by atoms with Gasteiger partial charge >= 0.3 is 6.09 Å². The molecule has 27 heavy (non-hydrogen) atoms. The van der Waals surface area contributed by atoms with Crippen molar-refractivity contribution in [3.05, 3.63) is 48.3 Å². The van der Waals surface area contributed by atoms with E-state index in [9.17, 15) is 9.59 Å². The van der Waals surface area contributed by atoms with Gasteiger partial charge in [0.1, 0.15) is 6.61 Å². The van der Waals surface area contributed by atoms with E-state index in [2.05, 4.69) is 15.3 Å². The minimum absolute atomic E-state index is 0.131. The van der Waals surface area contributed by atoms with Gasteiger partial charge in [-0.15, -0.1) is 0 Å². The number of benzene rings is 1. The van der Waals surface area contributed by atoms with Gasteiger partial charge in [0.05, 0.1) is 11.1 Å². The van der Waals surface area contributed by atoms with E-state index in [-0.39, 0.29) is 12.0 Å². The third-order valence-corrected chi connectivity index (χ3v) is 5.21. The van der Waals surface area contributed by atoms with Crippen molar-refractivity contribution in [2.45, 2.75) is 18.9 Å². The molecule has 0 bridgehead atoms. The first-order chi connectivity index (χ1) is 13.1. The summed E-state index contributed by atoms with van der Waals surface area (Å²) in [6, 6.07) is 9.59. The highest BCUT2D eigenvalue weighted by atomic mass is 16.6. The van der Waals surface area contributed by atoms with Gasteiger partial charge in [0.2, 0.25) is 5.95 Å². The summed E-state index contributed by atoms with van der Waals surface area (Å²) >= 11 is 0. The Morgan fingerprint density at radius 3 is 2.67 bits per heavy atom. The molecule has 8 heteroatoms. The highest BCUT2D eigenvalue weighted by molar-refractivity contribution is 5.94. The second-order valence-electron chi connectivity index (χ2n) is 6.80. The van der Waals surface area contributed by atoms with Crippen LogP contribution in [0.2, 0.25) is 0 Å². The van der Waals surface area contributed by atoms with Crippen molar-refractivity contribution in [1.82, 2.24) is 19.8 Å². The van der Waals surface area contributed by atoms with Gasteiger partial charge in [0, 0.05) is 37.7 Å². The number of para-hydroxylation sites is 1. The fourth-order valence-corrected chi connectivity index (χ4v) is 3.57. The van der Waals surface area contributed by atoms with Crippen molar-refractivity contribution in [2.75, 3.05) is 31.6 Å². The number of anilines is 2. The molecular weight excluding hydrogens is 346 g/mol. The standard InChI is InChI=1S/C19H21N5O3/c1-2-19-12-23(8-9-24(19)18(26)27-13-19)16(25)14-10-20-17(21-11-14)22-15-6-4-3-5-7-15/h3-7,10-11H,2,8-9,12-13H2,1H3,(H,20,21,22). The van der Waals surface area contributed by atoms with Crippen LogP contribution in [0, 0.1) is 0 Å². The van der Waals surface area contributed by atoms with Crippen LogP contribution in [0.1, 0.15) is 23.7 Å². The van der Waals surface area contributed by atoms with Crippen molar-refractivity contribution in [3.8, 4) is 0 Å². The van der Waals surface area contributed by atoms with E-state index in [1.165, 1.54) is 12.4 Å². The number of nitrogens with zero attached hydrogens (tertiary/aromatic N) is 4. The Bertz CT molecular complexity index is 842. The normalized spacial score (nSPS) is 21.6. The highest BCUT2D eigenvalue weighted by Crippen LogP contribution is 2.32. The molecule has 1 unspecified atom stereocenters. The number of piperazine rings is 1. The van der Waals surface area contributed by atoms with Gasteiger partial charge < -0.3 is 15.0 Å². The summed E-state index contributed by atoms with van der Waals surface area (Å²) in [5.41, 5.74) is 0.878. The van der Waals surface area contributed by atoms with Crippen LogP contribution in [0.5, 0.6) is 0 Å². The van der Waals surface area contributed by atoms with Gasteiger partial charge in [-0.05, 0) is 18.6 Å². The molecule has 1 aromatic carbocycles. The third-order valence-electron chi connectivity index (χ3n) is 5.21. The Balaban J connectivity index is 1.46. The molecular formula is C19H21N5O3. The molecule has 0 saturated carbocycles. The van der Waals surface area contributed by atoms with Crippen LogP contribution in [0.4, 0.5) is 16.4 Å². The molecule has 1 aromatic heterocycles. The SMILES string of the molecule is CCC12COC(=O)N1CCN(C(=O)c1cnc(Nc3ccccc3)nc1)C2. The predicted octanol–water partition coefficient (Wildman–Crippen LogP) is 2.28. The molecule has 4 rings (SSSR count). The molecule has 2 amide bonds. The van der Waals surface area contributed by atoms with Crippen molar-refractivity contribution >= 4 is 23.6 Å². The van der Waals surface area contributed by atoms with Crippen LogP contribution < -0.4 is 5.32 Å². The maximum Gasteiger partial charge on any atom is 0.410 e. The average Bonchev–Trinajstić information content (AvgIpc) is 3.05. The molecule has 0 radical (unpaired) electrons. The van der Waals surface area contributed by atoms with E-state index in [1.54, 1.807) is 9.80 Å². The van der Waals surface area contributed by atoms with Crippen molar-refractivity contribution in [3.63, 3.8) is 0 Å². The predicted molar refractivity (Wildman–Crippen MR) is 98.7 cm³/mol. The van der Waals surface area contributed by atoms with Crippen molar-refractivity contribution in [2.24, 2.45) is 0 Å². The van der Waals surface area contributed by atoms with Crippen molar-refractivity contribution in [1.29, 1.82) is 0 Å². The minimum Gasteiger partial charge on any atom is -0.447 e. The van der Waals surface area contributed by atoms with Gasteiger partial charge in [0.15, 0.2) is 0 Å². The number of carbonyl (C=O) groups is 2. The summed E-state index contributed by atoms with van der Waals surface area (Å²) in [6.45, 7) is 3.74. The Labute approximate surface area is 157 Å². The molecule has 3 heterocycles. The van der Waals surface area contributed by atoms with Gasteiger partial charge in [-0.3, -0.25) is 9.69 Å². The Morgan fingerprint density at radius 1 is 1.22 bits per heavy atom. The molecule has 1 atom stereocenters. The number of carbonyl (C=O) groups excluding carboxylic acids is 2. The zero-order chi connectivity index (χ0) is 18.9. The number of aromatic nitrogens is 2. The van der Waals surface area contributed by atoms with Crippen LogP contribution in [-0.4, -0.2) is 63.5 Å². The zero-order valence-corrected chi connectivity index (χ0v) is 15.1. The number of rotatable bonds is 4. The van der Waals surface area contributed by atoms with Crippen LogP contribution in [0.15, 0.2) is 42.7 Å². The first-order valence-electron chi connectivity index (χ1n) is 8.99. The zero-order valence-electron chi connectivity index (χ0n) is 15.1. The van der Waals surface area contributed by atoms with E-state index in [4.69, 9.17) is 4.74 Å². The van der Waals surface area contributed by atoms with E-state index in [0.29, 0.717) is 37.8 Å². The number of hydrogen-bond donors (Lipinski definition) is 1. The van der Waals surface area contributed by atoms with Crippen LogP contribution >= 0.6 is 0 Å². The lowest BCUT2D eigenvalue weighted by Gasteiger charge is -2.44. The van der Waals surface area contributed by atoms with Crippen LogP contribution in [0.25, 0.3) is 0 Å². The lowest BCUT2D eigenvalue weighted by Crippen LogP contribution is -2.62. The number of amides is 2. The molecule has 2 saturated heterocycles. The molecule has 2 fully saturated rings. The number of ether oxygens (including phenoxy) is 1. The minimum atomic E-state index is -0.430. The van der Waals surface area contributed by atoms with E-state index >= 15 is 0 Å². The quantitative estimate of drug-likeness (QED) is 0.892. The third kappa shape index (κ3) is 3.18. The first-order valence-corrected chi connectivity index (χ1v) is 8.99. The number of cyclic esters (lactones) is 1. The molecule has 2 aliphatic rings. The average molecular weight is 367 g/mol.